The zero-order chi connectivity index (χ0) is 32.9. The van der Waals surface area contributed by atoms with Crippen molar-refractivity contribution < 1.29 is 15.0 Å². The molecule has 0 aliphatic heterocycles. The van der Waals surface area contributed by atoms with Crippen LogP contribution in [0.3, 0.4) is 0 Å². The summed E-state index contributed by atoms with van der Waals surface area (Å²) in [6.07, 6.45) is 53.5. The molecule has 0 saturated heterocycles. The largest absolute Gasteiger partial charge is 0.394 e. The minimum Gasteiger partial charge on any atom is -0.394 e. The van der Waals surface area contributed by atoms with E-state index in [0.717, 1.165) is 70.6 Å². The standard InChI is InChI=1S/C41H67NO3/c1-3-5-7-9-11-13-15-17-19-21-23-25-27-29-31-33-35-37-41(45)42-39(38-43)40(44)36-34-32-30-28-26-24-22-20-18-16-14-12-10-8-6-4-2/h5,7,11,13,17-20,23,25-26,28-29,31,34,36,39-40,43-44H,3-4,6,8-10,12,14-16,21-22,24,27,30,32-33,35,37-38H2,1-2H3,(H,42,45)/b7-5-,13-11-,19-17-,20-18+,25-23-,28-26+,31-29-,36-34+. The molecule has 0 aromatic heterocycles. The van der Waals surface area contributed by atoms with Crippen LogP contribution >= 0.6 is 0 Å². The number of unbranched alkanes of at least 4 members (excludes halogenated alkanes) is 9. The molecule has 0 bridgehead atoms. The third-order valence-electron chi connectivity index (χ3n) is 7.28. The fourth-order valence-electron chi connectivity index (χ4n) is 4.54. The Balaban J connectivity index is 3.88. The van der Waals surface area contributed by atoms with Crippen molar-refractivity contribution in [1.82, 2.24) is 5.32 Å². The molecule has 2 atom stereocenters. The van der Waals surface area contributed by atoms with Gasteiger partial charge in [-0.15, -0.1) is 0 Å². The highest BCUT2D eigenvalue weighted by molar-refractivity contribution is 5.76. The molecule has 4 nitrogen and oxygen atoms in total. The van der Waals surface area contributed by atoms with Gasteiger partial charge in [-0.3, -0.25) is 4.79 Å². The van der Waals surface area contributed by atoms with Crippen molar-refractivity contribution in [2.45, 2.75) is 148 Å². The van der Waals surface area contributed by atoms with Crippen molar-refractivity contribution in [3.63, 3.8) is 0 Å². The van der Waals surface area contributed by atoms with E-state index in [1.54, 1.807) is 6.08 Å². The maximum Gasteiger partial charge on any atom is 0.220 e. The molecule has 0 saturated carbocycles. The summed E-state index contributed by atoms with van der Waals surface area (Å²) in [6, 6.07) is -0.680. The van der Waals surface area contributed by atoms with Crippen LogP contribution in [0.25, 0.3) is 0 Å². The molecule has 1 amide bonds. The average Bonchev–Trinajstić information content (AvgIpc) is 3.04. The molecule has 45 heavy (non-hydrogen) atoms. The van der Waals surface area contributed by atoms with Crippen LogP contribution in [0.1, 0.15) is 136 Å². The zero-order valence-corrected chi connectivity index (χ0v) is 28.8. The van der Waals surface area contributed by atoms with E-state index in [-0.39, 0.29) is 12.5 Å². The minimum absolute atomic E-state index is 0.141. The van der Waals surface area contributed by atoms with Crippen molar-refractivity contribution in [2.75, 3.05) is 6.61 Å². The predicted molar refractivity (Wildman–Crippen MR) is 197 cm³/mol. The number of carbonyl (C=O) groups is 1. The molecule has 0 aliphatic rings. The number of hydrogen-bond acceptors (Lipinski definition) is 3. The van der Waals surface area contributed by atoms with Gasteiger partial charge in [0, 0.05) is 6.42 Å². The van der Waals surface area contributed by atoms with Crippen molar-refractivity contribution in [1.29, 1.82) is 0 Å². The first-order chi connectivity index (χ1) is 22.2. The van der Waals surface area contributed by atoms with Gasteiger partial charge in [-0.05, 0) is 83.5 Å². The summed E-state index contributed by atoms with van der Waals surface area (Å²) in [5.41, 5.74) is 0. The third-order valence-corrected chi connectivity index (χ3v) is 7.28. The molecule has 0 rings (SSSR count). The zero-order valence-electron chi connectivity index (χ0n) is 28.8. The van der Waals surface area contributed by atoms with E-state index in [1.165, 1.54) is 44.9 Å². The van der Waals surface area contributed by atoms with E-state index in [9.17, 15) is 15.0 Å². The van der Waals surface area contributed by atoms with Gasteiger partial charge in [0.1, 0.15) is 0 Å². The Morgan fingerprint density at radius 2 is 1.00 bits per heavy atom. The molecule has 0 spiro atoms. The first-order valence-electron chi connectivity index (χ1n) is 18.0. The van der Waals surface area contributed by atoms with E-state index < -0.39 is 12.1 Å². The molecule has 0 aliphatic carbocycles. The quantitative estimate of drug-likeness (QED) is 0.0552. The van der Waals surface area contributed by atoms with E-state index in [4.69, 9.17) is 0 Å². The first kappa shape index (κ1) is 42.3. The highest BCUT2D eigenvalue weighted by atomic mass is 16.3. The molecule has 4 heteroatoms. The highest BCUT2D eigenvalue weighted by Gasteiger charge is 2.17. The fraction of sp³-hybridized carbons (Fsp3) is 0.585. The molecule has 0 radical (unpaired) electrons. The third kappa shape index (κ3) is 32.5. The van der Waals surface area contributed by atoms with E-state index in [1.807, 2.05) is 6.08 Å². The fourth-order valence-corrected chi connectivity index (χ4v) is 4.54. The Labute approximate surface area is 277 Å². The Bertz CT molecular complexity index is 890. The van der Waals surface area contributed by atoms with Crippen LogP contribution in [0, 0.1) is 0 Å². The molecule has 2 unspecified atom stereocenters. The predicted octanol–water partition coefficient (Wildman–Crippen LogP) is 10.7. The van der Waals surface area contributed by atoms with Crippen LogP contribution in [-0.4, -0.2) is 34.9 Å². The number of nitrogens with one attached hydrogen (secondary N) is 1. The second-order valence-electron chi connectivity index (χ2n) is 11.5. The topological polar surface area (TPSA) is 69.6 Å². The number of allylic oxidation sites excluding steroid dienone is 15. The number of aliphatic hydroxyl groups excluding tert-OH is 2. The van der Waals surface area contributed by atoms with Crippen LogP contribution in [0.4, 0.5) is 0 Å². The number of aliphatic hydroxyl groups is 2. The van der Waals surface area contributed by atoms with Gasteiger partial charge in [0.25, 0.3) is 0 Å². The highest BCUT2D eigenvalue weighted by Crippen LogP contribution is 2.08. The number of hydrogen-bond donors (Lipinski definition) is 3. The van der Waals surface area contributed by atoms with Gasteiger partial charge in [0.2, 0.25) is 5.91 Å². The maximum absolute atomic E-state index is 12.3. The Hall–Kier alpha value is -2.69. The summed E-state index contributed by atoms with van der Waals surface area (Å²) in [6.45, 7) is 4.11. The molecule has 3 N–H and O–H groups in total. The summed E-state index contributed by atoms with van der Waals surface area (Å²) in [5.74, 6) is -0.141. The number of amides is 1. The van der Waals surface area contributed by atoms with Crippen LogP contribution in [0.15, 0.2) is 97.2 Å². The number of carbonyl (C=O) groups excluding carboxylic acids is 1. The molecule has 0 heterocycles. The van der Waals surface area contributed by atoms with Gasteiger partial charge in [-0.25, -0.2) is 0 Å². The summed E-state index contributed by atoms with van der Waals surface area (Å²) in [7, 11) is 0. The Morgan fingerprint density at radius 1 is 0.556 bits per heavy atom. The number of rotatable bonds is 30. The summed E-state index contributed by atoms with van der Waals surface area (Å²) >= 11 is 0. The molecule has 0 fully saturated rings. The van der Waals surface area contributed by atoms with E-state index in [0.29, 0.717) is 6.42 Å². The van der Waals surface area contributed by atoms with Gasteiger partial charge in [-0.1, -0.05) is 143 Å². The monoisotopic (exact) mass is 622 g/mol. The molecule has 0 aromatic rings. The Morgan fingerprint density at radius 3 is 1.56 bits per heavy atom. The summed E-state index contributed by atoms with van der Waals surface area (Å²) in [5, 5.41) is 22.8. The average molecular weight is 622 g/mol. The molecule has 254 valence electrons. The second kappa shape index (κ2) is 35.8. The van der Waals surface area contributed by atoms with Crippen molar-refractivity contribution in [2.24, 2.45) is 0 Å². The van der Waals surface area contributed by atoms with Gasteiger partial charge >= 0.3 is 0 Å². The minimum atomic E-state index is -0.898. The van der Waals surface area contributed by atoms with Crippen molar-refractivity contribution in [3.05, 3.63) is 97.2 Å². The molecular formula is C41H67NO3. The lowest BCUT2D eigenvalue weighted by molar-refractivity contribution is -0.122. The smallest absolute Gasteiger partial charge is 0.220 e. The van der Waals surface area contributed by atoms with Crippen LogP contribution in [0.5, 0.6) is 0 Å². The second-order valence-corrected chi connectivity index (χ2v) is 11.5. The van der Waals surface area contributed by atoms with Crippen LogP contribution in [0.2, 0.25) is 0 Å². The van der Waals surface area contributed by atoms with Crippen molar-refractivity contribution >= 4 is 5.91 Å². The van der Waals surface area contributed by atoms with Gasteiger partial charge in [0.05, 0.1) is 18.8 Å². The van der Waals surface area contributed by atoms with Crippen LogP contribution < -0.4 is 5.32 Å². The lowest BCUT2D eigenvalue weighted by Gasteiger charge is -2.19. The van der Waals surface area contributed by atoms with E-state index >= 15 is 0 Å². The lowest BCUT2D eigenvalue weighted by Crippen LogP contribution is -2.45. The van der Waals surface area contributed by atoms with Gasteiger partial charge < -0.3 is 15.5 Å². The maximum atomic E-state index is 12.3. The van der Waals surface area contributed by atoms with Gasteiger partial charge in [0.15, 0.2) is 0 Å². The van der Waals surface area contributed by atoms with Crippen molar-refractivity contribution in [3.8, 4) is 0 Å². The normalized spacial score (nSPS) is 14.3. The molecule has 0 aromatic carbocycles. The summed E-state index contributed by atoms with van der Waals surface area (Å²) in [4.78, 5) is 12.3. The lowest BCUT2D eigenvalue weighted by atomic mass is 10.1. The Kier molecular flexibility index (Phi) is 33.6. The van der Waals surface area contributed by atoms with Gasteiger partial charge in [-0.2, -0.15) is 0 Å². The summed E-state index contributed by atoms with van der Waals surface area (Å²) < 4.78 is 0. The van der Waals surface area contributed by atoms with Crippen LogP contribution in [-0.2, 0) is 4.79 Å². The molecular weight excluding hydrogens is 554 g/mol. The first-order valence-corrected chi connectivity index (χ1v) is 18.0. The SMILES string of the molecule is CC/C=C\C/C=C\C/C=C\C/C=C\C/C=C\CCCC(=O)NC(CO)C(O)/C=C/CC/C=C/CC/C=C/CCCCCCCC. The van der Waals surface area contributed by atoms with E-state index in [2.05, 4.69) is 104 Å².